The van der Waals surface area contributed by atoms with Gasteiger partial charge in [-0.2, -0.15) is 0 Å². The van der Waals surface area contributed by atoms with E-state index in [9.17, 15) is 34.2 Å². The summed E-state index contributed by atoms with van der Waals surface area (Å²) in [5, 5.41) is 30.1. The van der Waals surface area contributed by atoms with E-state index in [0.717, 1.165) is 33.0 Å². The number of carbonyl (C=O) groups is 5. The van der Waals surface area contributed by atoms with Crippen LogP contribution in [-0.4, -0.2) is 96.6 Å². The molecule has 0 radical (unpaired) electrons. The van der Waals surface area contributed by atoms with Crippen LogP contribution in [0.4, 0.5) is 9.59 Å². The van der Waals surface area contributed by atoms with E-state index in [1.54, 1.807) is 39.1 Å². The lowest BCUT2D eigenvalue weighted by molar-refractivity contribution is -0.131. The standard InChI is InChI=1S/C46H57N7O7/c1-29-14-13-17-33(48-29)27-52-38(55)28-53(44(52)60)40(46(5,6)7)42(57)49-34(24-30-15-9-8-10-16-30)26-37(54)36(50-41(56)39(45(2,3)4)51-43(58)59)25-31-19-21-32(22-20-31)35-18-11-12-23-47-35/h8-23,34,36-37,39-40,51,54H,24-28H2,1-7H3,(H,49,57)(H,50,56)(H,58,59)/t34-,36-,37-,39+,40+/m0/s1. The quantitative estimate of drug-likeness (QED) is 0.0906. The van der Waals surface area contributed by atoms with Crippen molar-refractivity contribution in [2.75, 3.05) is 6.54 Å². The average Bonchev–Trinajstić information content (AvgIpc) is 3.44. The molecule has 60 heavy (non-hydrogen) atoms. The Morgan fingerprint density at radius 1 is 0.767 bits per heavy atom. The number of aliphatic hydroxyl groups excluding tert-OH is 1. The number of pyridine rings is 2. The van der Waals surface area contributed by atoms with Crippen LogP contribution in [0.5, 0.6) is 0 Å². The maximum atomic E-state index is 14.5. The van der Waals surface area contributed by atoms with E-state index in [1.807, 2.05) is 107 Å². The summed E-state index contributed by atoms with van der Waals surface area (Å²) < 4.78 is 0. The zero-order valence-corrected chi connectivity index (χ0v) is 35.4. The molecule has 0 bridgehead atoms. The second kappa shape index (κ2) is 19.3. The molecule has 2 aromatic heterocycles. The summed E-state index contributed by atoms with van der Waals surface area (Å²) in [6.45, 7) is 12.2. The van der Waals surface area contributed by atoms with Gasteiger partial charge in [0, 0.05) is 23.5 Å². The largest absolute Gasteiger partial charge is 0.465 e. The highest BCUT2D eigenvalue weighted by molar-refractivity contribution is 6.04. The third-order valence-electron chi connectivity index (χ3n) is 10.5. The number of hydrogen-bond acceptors (Lipinski definition) is 8. The van der Waals surface area contributed by atoms with Gasteiger partial charge in [0.1, 0.15) is 18.6 Å². The molecule has 5 N–H and O–H groups in total. The first-order valence-corrected chi connectivity index (χ1v) is 20.2. The number of carbonyl (C=O) groups excluding carboxylic acids is 4. The third kappa shape index (κ3) is 12.0. The fourth-order valence-corrected chi connectivity index (χ4v) is 7.54. The van der Waals surface area contributed by atoms with Crippen LogP contribution in [0.2, 0.25) is 0 Å². The van der Waals surface area contributed by atoms with Gasteiger partial charge in [0.05, 0.1) is 30.1 Å². The van der Waals surface area contributed by atoms with E-state index in [0.29, 0.717) is 12.1 Å². The lowest BCUT2D eigenvalue weighted by Gasteiger charge is -2.37. The highest BCUT2D eigenvalue weighted by Crippen LogP contribution is 2.30. The van der Waals surface area contributed by atoms with Crippen molar-refractivity contribution in [2.45, 2.75) is 105 Å². The number of aromatic nitrogens is 2. The van der Waals surface area contributed by atoms with Gasteiger partial charge in [0.2, 0.25) is 11.8 Å². The molecule has 14 heteroatoms. The van der Waals surface area contributed by atoms with Crippen LogP contribution in [0.25, 0.3) is 11.3 Å². The fraction of sp³-hybridized carbons (Fsp3) is 0.413. The Morgan fingerprint density at radius 3 is 2.03 bits per heavy atom. The first kappa shape index (κ1) is 44.9. The number of benzene rings is 2. The lowest BCUT2D eigenvalue weighted by Crippen LogP contribution is -2.59. The summed E-state index contributed by atoms with van der Waals surface area (Å²) >= 11 is 0. The Kier molecular flexibility index (Phi) is 14.4. The molecule has 1 fully saturated rings. The van der Waals surface area contributed by atoms with E-state index in [2.05, 4.69) is 25.9 Å². The molecule has 0 aliphatic carbocycles. The molecule has 1 saturated heterocycles. The monoisotopic (exact) mass is 819 g/mol. The summed E-state index contributed by atoms with van der Waals surface area (Å²) in [6, 6.07) is 23.5. The maximum absolute atomic E-state index is 14.5. The van der Waals surface area contributed by atoms with Crippen molar-refractivity contribution in [3.8, 4) is 11.3 Å². The van der Waals surface area contributed by atoms with Gasteiger partial charge in [0.25, 0.3) is 5.91 Å². The van der Waals surface area contributed by atoms with Crippen LogP contribution in [0.3, 0.4) is 0 Å². The zero-order valence-electron chi connectivity index (χ0n) is 35.4. The van der Waals surface area contributed by atoms with Crippen LogP contribution in [0.1, 0.15) is 70.5 Å². The van der Waals surface area contributed by atoms with E-state index in [1.165, 1.54) is 4.90 Å². The summed E-state index contributed by atoms with van der Waals surface area (Å²) in [4.78, 5) is 78.7. The molecule has 3 heterocycles. The lowest BCUT2D eigenvalue weighted by atomic mass is 9.84. The molecule has 5 atom stereocenters. The Hall–Kier alpha value is -6.15. The molecule has 1 aliphatic heterocycles. The Balaban J connectivity index is 1.43. The molecule has 14 nitrogen and oxygen atoms in total. The SMILES string of the molecule is Cc1cccc(CN2C(=O)CN([C@H](C(=O)N[C@@H](Cc3ccccc3)C[C@H](O)[C@H](Cc3ccc(-c4ccccn4)cc3)NC(=O)[C@@H](NC(=O)O)C(C)(C)C)C(C)(C)C)C2=O)n1. The minimum atomic E-state index is -1.36. The number of hydrogen-bond donors (Lipinski definition) is 5. The van der Waals surface area contributed by atoms with Crippen LogP contribution in [0.15, 0.2) is 97.2 Å². The smallest absolute Gasteiger partial charge is 0.405 e. The minimum Gasteiger partial charge on any atom is -0.465 e. The van der Waals surface area contributed by atoms with Gasteiger partial charge in [-0.15, -0.1) is 0 Å². The number of aliphatic hydroxyl groups is 1. The second-order valence-corrected chi connectivity index (χ2v) is 17.6. The Labute approximate surface area is 351 Å². The molecule has 6 amide bonds. The molecule has 2 aromatic carbocycles. The predicted molar refractivity (Wildman–Crippen MR) is 227 cm³/mol. The van der Waals surface area contributed by atoms with Gasteiger partial charge >= 0.3 is 12.1 Å². The third-order valence-corrected chi connectivity index (χ3v) is 10.5. The number of amides is 6. The zero-order chi connectivity index (χ0) is 43.8. The van der Waals surface area contributed by atoms with Crippen molar-refractivity contribution in [3.63, 3.8) is 0 Å². The molecular weight excluding hydrogens is 763 g/mol. The van der Waals surface area contributed by atoms with Gasteiger partial charge < -0.3 is 31.1 Å². The maximum Gasteiger partial charge on any atom is 0.405 e. The number of nitrogens with one attached hydrogen (secondary N) is 3. The first-order chi connectivity index (χ1) is 28.3. The summed E-state index contributed by atoms with van der Waals surface area (Å²) in [5.74, 6) is -1.56. The van der Waals surface area contributed by atoms with Crippen molar-refractivity contribution < 1.29 is 34.2 Å². The number of aryl methyl sites for hydroxylation is 1. The Morgan fingerprint density at radius 2 is 1.43 bits per heavy atom. The molecule has 0 saturated carbocycles. The molecular formula is C46H57N7O7. The van der Waals surface area contributed by atoms with Crippen molar-refractivity contribution >= 4 is 29.8 Å². The highest BCUT2D eigenvalue weighted by Gasteiger charge is 2.47. The van der Waals surface area contributed by atoms with E-state index >= 15 is 0 Å². The summed E-state index contributed by atoms with van der Waals surface area (Å²) in [7, 11) is 0. The van der Waals surface area contributed by atoms with Crippen LogP contribution < -0.4 is 16.0 Å². The van der Waals surface area contributed by atoms with Crippen LogP contribution in [-0.2, 0) is 33.8 Å². The topological polar surface area (TPSA) is 194 Å². The molecule has 0 unspecified atom stereocenters. The molecule has 5 rings (SSSR count). The predicted octanol–water partition coefficient (Wildman–Crippen LogP) is 5.52. The van der Waals surface area contributed by atoms with E-state index in [4.69, 9.17) is 0 Å². The number of imide groups is 1. The highest BCUT2D eigenvalue weighted by atomic mass is 16.4. The van der Waals surface area contributed by atoms with Gasteiger partial charge in [-0.3, -0.25) is 29.3 Å². The normalized spacial score (nSPS) is 15.8. The van der Waals surface area contributed by atoms with Gasteiger partial charge in [-0.1, -0.05) is 108 Å². The van der Waals surface area contributed by atoms with E-state index < -0.39 is 70.9 Å². The number of rotatable bonds is 16. The molecule has 318 valence electrons. The number of nitrogens with zero attached hydrogens (tertiary/aromatic N) is 4. The molecule has 4 aromatic rings. The second-order valence-electron chi connectivity index (χ2n) is 17.6. The number of carboxylic acid groups (broad SMARTS) is 1. The summed E-state index contributed by atoms with van der Waals surface area (Å²) in [6.07, 6.45) is -0.463. The van der Waals surface area contributed by atoms with Crippen LogP contribution >= 0.6 is 0 Å². The van der Waals surface area contributed by atoms with Crippen molar-refractivity contribution in [1.82, 2.24) is 35.7 Å². The Bertz CT molecular complexity index is 2120. The average molecular weight is 820 g/mol. The van der Waals surface area contributed by atoms with Gasteiger partial charge in [-0.05, 0) is 72.4 Å². The van der Waals surface area contributed by atoms with Crippen molar-refractivity contribution in [2.24, 2.45) is 10.8 Å². The molecule has 1 aliphatic rings. The van der Waals surface area contributed by atoms with Gasteiger partial charge in [0.15, 0.2) is 0 Å². The number of urea groups is 1. The first-order valence-electron chi connectivity index (χ1n) is 20.2. The van der Waals surface area contributed by atoms with Crippen LogP contribution in [0, 0.1) is 17.8 Å². The van der Waals surface area contributed by atoms with Gasteiger partial charge in [-0.25, -0.2) is 9.59 Å². The molecule has 0 spiro atoms. The van der Waals surface area contributed by atoms with Crippen molar-refractivity contribution in [1.29, 1.82) is 0 Å². The minimum absolute atomic E-state index is 0.0287. The van der Waals surface area contributed by atoms with E-state index in [-0.39, 0.29) is 25.9 Å². The summed E-state index contributed by atoms with van der Waals surface area (Å²) in [5.41, 5.74) is 2.99. The fourth-order valence-electron chi connectivity index (χ4n) is 7.54. The van der Waals surface area contributed by atoms with Crippen molar-refractivity contribution in [3.05, 3.63) is 120 Å².